The molecule has 3 atom stereocenters. The number of aliphatic hydroxyl groups is 2. The summed E-state index contributed by atoms with van der Waals surface area (Å²) in [5.74, 6) is -5.82. The molecule has 6 N–H and O–H groups in total. The number of carbonyl (C=O) groups excluding carboxylic acids is 3. The zero-order chi connectivity index (χ0) is 21.4. The number of Topliss-reactive ketones (excluding diaryl/α,β-unsaturated/α-hetero) is 3. The summed E-state index contributed by atoms with van der Waals surface area (Å²) in [4.78, 5) is 37.8. The van der Waals surface area contributed by atoms with E-state index in [9.17, 15) is 34.8 Å². The predicted octanol–water partition coefficient (Wildman–Crippen LogP) is 0.957. The number of carbonyl (C=O) groups is 3. The zero-order valence-corrected chi connectivity index (χ0v) is 15.7. The first kappa shape index (κ1) is 19.1. The van der Waals surface area contributed by atoms with Gasteiger partial charge >= 0.3 is 0 Å². The van der Waals surface area contributed by atoms with Crippen LogP contribution in [0.1, 0.15) is 28.4 Å². The van der Waals surface area contributed by atoms with E-state index in [1.807, 2.05) is 0 Å². The van der Waals surface area contributed by atoms with E-state index in [4.69, 9.17) is 5.73 Å². The van der Waals surface area contributed by atoms with Crippen molar-refractivity contribution in [3.05, 3.63) is 46.2 Å². The molecule has 2 aliphatic carbocycles. The van der Waals surface area contributed by atoms with Crippen LogP contribution in [-0.2, 0) is 16.0 Å². The summed E-state index contributed by atoms with van der Waals surface area (Å²) < 4.78 is 0. The quantitative estimate of drug-likeness (QED) is 0.445. The standard InChI is InChI=1S/C21H19NO7/c1-7-9-4-3-5-12(24)14(9)17(25)15-10(7)6-11-16(22)18(26)13(8(2)23)19(27)21(11,29)20(15)28/h3-5,11,16,24-25,27,29H,6,22H2,1-2H3/t11?,16-,21-/m1/s1. The lowest BCUT2D eigenvalue weighted by Gasteiger charge is -2.45. The molecule has 2 aromatic rings. The molecule has 0 radical (unpaired) electrons. The lowest BCUT2D eigenvalue weighted by Crippen LogP contribution is -2.63. The van der Waals surface area contributed by atoms with Crippen molar-refractivity contribution < 1.29 is 34.8 Å². The number of phenolic OH excluding ortho intramolecular Hbond substituents is 2. The lowest BCUT2D eigenvalue weighted by atomic mass is 9.61. The Morgan fingerprint density at radius 2 is 1.86 bits per heavy atom. The van der Waals surface area contributed by atoms with E-state index in [1.165, 1.54) is 6.07 Å². The van der Waals surface area contributed by atoms with E-state index in [0.29, 0.717) is 16.5 Å². The highest BCUT2D eigenvalue weighted by Crippen LogP contribution is 2.49. The largest absolute Gasteiger partial charge is 0.508 e. The SMILES string of the molecule is CC(=O)C1=C(O)[C@@]2(O)C(=O)c3c(c(C)c4cccc(O)c4c3O)CC2[C@@H](N)C1=O. The number of aromatic hydroxyl groups is 2. The number of ketones is 3. The highest BCUT2D eigenvalue weighted by molar-refractivity contribution is 6.25. The van der Waals surface area contributed by atoms with Crippen LogP contribution in [0.4, 0.5) is 0 Å². The van der Waals surface area contributed by atoms with Crippen LogP contribution in [0.2, 0.25) is 0 Å². The summed E-state index contributed by atoms with van der Waals surface area (Å²) in [7, 11) is 0. The molecule has 0 spiro atoms. The Hall–Kier alpha value is -3.23. The van der Waals surface area contributed by atoms with Gasteiger partial charge in [0.05, 0.1) is 17.0 Å². The van der Waals surface area contributed by atoms with Gasteiger partial charge in [0.2, 0.25) is 5.78 Å². The third-order valence-corrected chi connectivity index (χ3v) is 6.14. The molecule has 0 amide bonds. The van der Waals surface area contributed by atoms with Gasteiger partial charge in [-0.25, -0.2) is 0 Å². The monoisotopic (exact) mass is 397 g/mol. The van der Waals surface area contributed by atoms with Crippen LogP contribution < -0.4 is 5.73 Å². The van der Waals surface area contributed by atoms with E-state index in [2.05, 4.69) is 0 Å². The van der Waals surface area contributed by atoms with Crippen molar-refractivity contribution in [2.24, 2.45) is 11.7 Å². The molecule has 150 valence electrons. The molecule has 0 aliphatic heterocycles. The first-order valence-corrected chi connectivity index (χ1v) is 9.01. The van der Waals surface area contributed by atoms with Crippen molar-refractivity contribution >= 4 is 28.1 Å². The van der Waals surface area contributed by atoms with Gasteiger partial charge in [-0.05, 0) is 42.8 Å². The van der Waals surface area contributed by atoms with Gasteiger partial charge < -0.3 is 26.2 Å². The number of rotatable bonds is 1. The first-order valence-electron chi connectivity index (χ1n) is 9.01. The van der Waals surface area contributed by atoms with Crippen LogP contribution in [0.15, 0.2) is 29.5 Å². The molecule has 0 aromatic heterocycles. The molecule has 2 aromatic carbocycles. The Morgan fingerprint density at radius 3 is 2.48 bits per heavy atom. The number of nitrogens with two attached hydrogens (primary N) is 1. The Morgan fingerprint density at radius 1 is 1.21 bits per heavy atom. The molecule has 29 heavy (non-hydrogen) atoms. The van der Waals surface area contributed by atoms with Gasteiger partial charge in [-0.2, -0.15) is 0 Å². The number of fused-ring (bicyclic) bond motifs is 3. The lowest BCUT2D eigenvalue weighted by molar-refractivity contribution is -0.127. The highest BCUT2D eigenvalue weighted by atomic mass is 16.3. The number of aliphatic hydroxyl groups excluding tert-OH is 1. The fourth-order valence-electron chi connectivity index (χ4n) is 4.61. The topological polar surface area (TPSA) is 158 Å². The van der Waals surface area contributed by atoms with Crippen LogP contribution in [-0.4, -0.2) is 49.4 Å². The normalized spacial score (nSPS) is 26.5. The molecule has 0 saturated heterocycles. The molecule has 0 fully saturated rings. The van der Waals surface area contributed by atoms with Gasteiger partial charge in [-0.1, -0.05) is 12.1 Å². The van der Waals surface area contributed by atoms with Gasteiger partial charge in [0.25, 0.3) is 0 Å². The smallest absolute Gasteiger partial charge is 0.206 e. The molecule has 8 heteroatoms. The fraction of sp³-hybridized carbons (Fsp3) is 0.286. The number of benzene rings is 2. The average Bonchev–Trinajstić information content (AvgIpc) is 2.66. The molecule has 0 saturated carbocycles. The second kappa shape index (κ2) is 5.88. The van der Waals surface area contributed by atoms with Crippen LogP contribution in [0, 0.1) is 12.8 Å². The number of phenols is 2. The fourth-order valence-corrected chi connectivity index (χ4v) is 4.61. The maximum atomic E-state index is 13.4. The van der Waals surface area contributed by atoms with Crippen molar-refractivity contribution in [3.8, 4) is 11.5 Å². The molecular weight excluding hydrogens is 378 g/mol. The van der Waals surface area contributed by atoms with E-state index < -0.39 is 52.0 Å². The minimum absolute atomic E-state index is 0.0330. The van der Waals surface area contributed by atoms with Crippen LogP contribution in [0.5, 0.6) is 11.5 Å². The van der Waals surface area contributed by atoms with Gasteiger partial charge in [0, 0.05) is 5.92 Å². The van der Waals surface area contributed by atoms with Crippen LogP contribution in [0.25, 0.3) is 10.8 Å². The first-order chi connectivity index (χ1) is 13.5. The van der Waals surface area contributed by atoms with Gasteiger partial charge in [-0.15, -0.1) is 0 Å². The summed E-state index contributed by atoms with van der Waals surface area (Å²) >= 11 is 0. The maximum Gasteiger partial charge on any atom is 0.206 e. The summed E-state index contributed by atoms with van der Waals surface area (Å²) in [5, 5.41) is 43.3. The number of aryl methyl sites for hydroxylation is 1. The number of hydrogen-bond donors (Lipinski definition) is 5. The van der Waals surface area contributed by atoms with E-state index in [1.54, 1.807) is 19.1 Å². The summed E-state index contributed by atoms with van der Waals surface area (Å²) in [6.45, 7) is 2.71. The predicted molar refractivity (Wildman–Crippen MR) is 102 cm³/mol. The van der Waals surface area contributed by atoms with Gasteiger partial charge in [0.1, 0.15) is 22.8 Å². The summed E-state index contributed by atoms with van der Waals surface area (Å²) in [6, 6.07) is 3.20. The molecule has 0 bridgehead atoms. The van der Waals surface area contributed by atoms with Crippen molar-refractivity contribution in [1.29, 1.82) is 0 Å². The van der Waals surface area contributed by atoms with Crippen LogP contribution in [0.3, 0.4) is 0 Å². The molecule has 0 heterocycles. The molecular formula is C21H19NO7. The second-order valence-corrected chi connectivity index (χ2v) is 7.60. The Balaban J connectivity index is 2.10. The summed E-state index contributed by atoms with van der Waals surface area (Å²) in [6.07, 6.45) is -0.0925. The Labute approximate surface area is 164 Å². The van der Waals surface area contributed by atoms with E-state index in [0.717, 1.165) is 6.92 Å². The van der Waals surface area contributed by atoms with Crippen molar-refractivity contribution in [2.75, 3.05) is 0 Å². The maximum absolute atomic E-state index is 13.4. The Bertz CT molecular complexity index is 1180. The molecule has 4 rings (SSSR count). The Kier molecular flexibility index (Phi) is 3.88. The minimum Gasteiger partial charge on any atom is -0.508 e. The average molecular weight is 397 g/mol. The highest BCUT2D eigenvalue weighted by Gasteiger charge is 2.60. The second-order valence-electron chi connectivity index (χ2n) is 7.60. The third kappa shape index (κ3) is 2.18. The molecule has 1 unspecified atom stereocenters. The minimum atomic E-state index is -2.64. The number of hydrogen-bond acceptors (Lipinski definition) is 8. The van der Waals surface area contributed by atoms with Crippen molar-refractivity contribution in [3.63, 3.8) is 0 Å². The van der Waals surface area contributed by atoms with E-state index in [-0.39, 0.29) is 23.1 Å². The van der Waals surface area contributed by atoms with Crippen molar-refractivity contribution in [1.82, 2.24) is 0 Å². The van der Waals surface area contributed by atoms with E-state index >= 15 is 0 Å². The van der Waals surface area contributed by atoms with Crippen LogP contribution >= 0.6 is 0 Å². The summed E-state index contributed by atoms with van der Waals surface area (Å²) in [5.41, 5.74) is 3.30. The molecule has 2 aliphatic rings. The van der Waals surface area contributed by atoms with Crippen molar-refractivity contribution in [2.45, 2.75) is 31.9 Å². The zero-order valence-electron chi connectivity index (χ0n) is 15.7. The molecule has 8 nitrogen and oxygen atoms in total. The van der Waals surface area contributed by atoms with Gasteiger partial charge in [-0.3, -0.25) is 14.4 Å². The van der Waals surface area contributed by atoms with Gasteiger partial charge in [0.15, 0.2) is 17.2 Å². The third-order valence-electron chi connectivity index (χ3n) is 6.14.